The zero-order valence-corrected chi connectivity index (χ0v) is 20.4. The van der Waals surface area contributed by atoms with Crippen LogP contribution in [0.15, 0.2) is 4.99 Å². The molecule has 0 unspecified atom stereocenters. The largest absolute Gasteiger partial charge is 0.384 e. The van der Waals surface area contributed by atoms with Gasteiger partial charge in [0.1, 0.15) is 6.54 Å². The molecule has 168 valence electrons. The quantitative estimate of drug-likeness (QED) is 0.301. The standard InChI is InChI=1S/C20H37N5O3.HI/c1-24(2)19(27)15-21-20(22-16-7-5-4-6-8-16)23-17-9-12-25(13-10-17)18(26)11-14-28-3;/h16-17H,4-15H2,1-3H3,(H2,21,22,23);1H. The van der Waals surface area contributed by atoms with Gasteiger partial charge in [0.25, 0.3) is 0 Å². The van der Waals surface area contributed by atoms with Crippen molar-refractivity contribution in [3.8, 4) is 0 Å². The number of nitrogens with zero attached hydrogens (tertiary/aromatic N) is 3. The summed E-state index contributed by atoms with van der Waals surface area (Å²) in [7, 11) is 5.11. The van der Waals surface area contributed by atoms with E-state index in [0.29, 0.717) is 19.1 Å². The molecule has 1 heterocycles. The van der Waals surface area contributed by atoms with Gasteiger partial charge in [-0.05, 0) is 25.7 Å². The molecule has 2 fully saturated rings. The van der Waals surface area contributed by atoms with E-state index < -0.39 is 0 Å². The third-order valence-corrected chi connectivity index (χ3v) is 5.53. The molecule has 8 nitrogen and oxygen atoms in total. The number of methoxy groups -OCH3 is 1. The highest BCUT2D eigenvalue weighted by molar-refractivity contribution is 14.0. The Bertz CT molecular complexity index is 530. The van der Waals surface area contributed by atoms with Crippen molar-refractivity contribution in [1.82, 2.24) is 20.4 Å². The molecule has 0 aromatic carbocycles. The van der Waals surface area contributed by atoms with Crippen LogP contribution in [-0.2, 0) is 14.3 Å². The lowest BCUT2D eigenvalue weighted by molar-refractivity contribution is -0.133. The lowest BCUT2D eigenvalue weighted by Gasteiger charge is -2.34. The van der Waals surface area contributed by atoms with Crippen molar-refractivity contribution in [2.24, 2.45) is 4.99 Å². The van der Waals surface area contributed by atoms with Crippen LogP contribution < -0.4 is 10.6 Å². The van der Waals surface area contributed by atoms with Crippen LogP contribution in [0.4, 0.5) is 0 Å². The van der Waals surface area contributed by atoms with E-state index >= 15 is 0 Å². The monoisotopic (exact) mass is 523 g/mol. The number of likely N-dealkylation sites (tertiary alicyclic amines) is 1. The number of guanidine groups is 1. The summed E-state index contributed by atoms with van der Waals surface area (Å²) in [6.07, 6.45) is 8.28. The van der Waals surface area contributed by atoms with Crippen molar-refractivity contribution in [2.45, 2.75) is 63.5 Å². The summed E-state index contributed by atoms with van der Waals surface area (Å²) < 4.78 is 5.00. The van der Waals surface area contributed by atoms with E-state index in [-0.39, 0.29) is 48.4 Å². The van der Waals surface area contributed by atoms with Gasteiger partial charge in [0.2, 0.25) is 11.8 Å². The molecule has 1 aliphatic heterocycles. The highest BCUT2D eigenvalue weighted by atomic mass is 127. The Morgan fingerprint density at radius 2 is 1.62 bits per heavy atom. The number of piperidine rings is 1. The number of amides is 2. The number of ether oxygens (including phenoxy) is 1. The predicted molar refractivity (Wildman–Crippen MR) is 126 cm³/mol. The molecule has 0 atom stereocenters. The Labute approximate surface area is 192 Å². The Morgan fingerprint density at radius 3 is 2.17 bits per heavy atom. The molecule has 0 aromatic rings. The first-order valence-corrected chi connectivity index (χ1v) is 10.5. The highest BCUT2D eigenvalue weighted by Gasteiger charge is 2.24. The second-order valence-corrected chi connectivity index (χ2v) is 7.97. The van der Waals surface area contributed by atoms with Gasteiger partial charge in [-0.1, -0.05) is 19.3 Å². The highest BCUT2D eigenvalue weighted by Crippen LogP contribution is 2.17. The van der Waals surface area contributed by atoms with Crippen LogP contribution in [0.2, 0.25) is 0 Å². The Kier molecular flexibility index (Phi) is 12.5. The van der Waals surface area contributed by atoms with Crippen molar-refractivity contribution in [1.29, 1.82) is 0 Å². The summed E-state index contributed by atoms with van der Waals surface area (Å²) in [5.41, 5.74) is 0. The maximum absolute atomic E-state index is 12.1. The normalized spacial score (nSPS) is 18.7. The number of hydrogen-bond donors (Lipinski definition) is 2. The Balaban J connectivity index is 0.00000420. The van der Waals surface area contributed by atoms with Crippen molar-refractivity contribution >= 4 is 41.8 Å². The molecule has 9 heteroatoms. The van der Waals surface area contributed by atoms with E-state index in [1.807, 2.05) is 4.90 Å². The van der Waals surface area contributed by atoms with Crippen LogP contribution in [-0.4, -0.2) is 87.1 Å². The fourth-order valence-electron chi connectivity index (χ4n) is 3.68. The average molecular weight is 523 g/mol. The minimum atomic E-state index is -0.0108. The van der Waals surface area contributed by atoms with E-state index in [1.165, 1.54) is 19.3 Å². The Hall–Kier alpha value is -1.10. The molecule has 2 amide bonds. The predicted octanol–water partition coefficient (Wildman–Crippen LogP) is 1.59. The molecular weight excluding hydrogens is 485 g/mol. The van der Waals surface area contributed by atoms with Crippen molar-refractivity contribution < 1.29 is 14.3 Å². The molecule has 0 radical (unpaired) electrons. The summed E-state index contributed by atoms with van der Waals surface area (Å²) in [5.74, 6) is 0.876. The number of likely N-dealkylation sites (N-methyl/N-ethyl adjacent to an activating group) is 1. The zero-order valence-electron chi connectivity index (χ0n) is 18.1. The lowest BCUT2D eigenvalue weighted by Crippen LogP contribution is -2.52. The topological polar surface area (TPSA) is 86.3 Å². The van der Waals surface area contributed by atoms with Gasteiger partial charge in [0.15, 0.2) is 5.96 Å². The molecule has 2 aliphatic rings. The minimum Gasteiger partial charge on any atom is -0.384 e. The molecule has 2 rings (SSSR count). The van der Waals surface area contributed by atoms with E-state index in [1.54, 1.807) is 26.1 Å². The first kappa shape index (κ1) is 25.9. The van der Waals surface area contributed by atoms with E-state index in [0.717, 1.165) is 44.7 Å². The number of nitrogens with one attached hydrogen (secondary N) is 2. The van der Waals surface area contributed by atoms with Gasteiger partial charge in [-0.2, -0.15) is 0 Å². The van der Waals surface area contributed by atoms with Gasteiger partial charge in [0, 0.05) is 46.4 Å². The van der Waals surface area contributed by atoms with E-state index in [9.17, 15) is 9.59 Å². The third kappa shape index (κ3) is 9.50. The fraction of sp³-hybridized carbons (Fsp3) is 0.850. The lowest BCUT2D eigenvalue weighted by atomic mass is 9.95. The summed E-state index contributed by atoms with van der Waals surface area (Å²) in [6.45, 7) is 2.10. The van der Waals surface area contributed by atoms with Crippen LogP contribution in [0.5, 0.6) is 0 Å². The maximum atomic E-state index is 12.1. The smallest absolute Gasteiger partial charge is 0.243 e. The van der Waals surface area contributed by atoms with Crippen LogP contribution in [0.25, 0.3) is 0 Å². The van der Waals surface area contributed by atoms with Gasteiger partial charge < -0.3 is 25.2 Å². The second-order valence-electron chi connectivity index (χ2n) is 7.97. The fourth-order valence-corrected chi connectivity index (χ4v) is 3.68. The summed E-state index contributed by atoms with van der Waals surface area (Å²) in [5, 5.41) is 7.04. The van der Waals surface area contributed by atoms with Gasteiger partial charge >= 0.3 is 0 Å². The second kappa shape index (κ2) is 14.0. The van der Waals surface area contributed by atoms with Crippen LogP contribution in [0.1, 0.15) is 51.4 Å². The number of rotatable bonds is 7. The third-order valence-electron chi connectivity index (χ3n) is 5.53. The first-order valence-electron chi connectivity index (χ1n) is 10.5. The summed E-state index contributed by atoms with van der Waals surface area (Å²) in [6, 6.07) is 0.681. The molecule has 0 bridgehead atoms. The van der Waals surface area contributed by atoms with Crippen molar-refractivity contribution in [3.63, 3.8) is 0 Å². The number of carbonyl (C=O) groups excluding carboxylic acids is 2. The maximum Gasteiger partial charge on any atom is 0.243 e. The number of aliphatic imine (C=N–C) groups is 1. The number of carbonyl (C=O) groups is 2. The van der Waals surface area contributed by atoms with Crippen molar-refractivity contribution in [2.75, 3.05) is 47.4 Å². The molecular formula is C20H38IN5O3. The van der Waals surface area contributed by atoms with E-state index in [2.05, 4.69) is 15.6 Å². The van der Waals surface area contributed by atoms with Crippen LogP contribution in [0, 0.1) is 0 Å². The average Bonchev–Trinajstić information content (AvgIpc) is 2.71. The molecule has 29 heavy (non-hydrogen) atoms. The summed E-state index contributed by atoms with van der Waals surface area (Å²) in [4.78, 5) is 32.1. The molecule has 1 saturated heterocycles. The summed E-state index contributed by atoms with van der Waals surface area (Å²) >= 11 is 0. The SMILES string of the molecule is COCCC(=O)N1CCC(NC(=NCC(=O)N(C)C)NC2CCCCC2)CC1.I. The zero-order chi connectivity index (χ0) is 20.4. The first-order chi connectivity index (χ1) is 13.5. The molecule has 1 saturated carbocycles. The van der Waals surface area contributed by atoms with E-state index in [4.69, 9.17) is 4.74 Å². The molecule has 1 aliphatic carbocycles. The van der Waals surface area contributed by atoms with Gasteiger partial charge in [-0.15, -0.1) is 24.0 Å². The number of hydrogen-bond acceptors (Lipinski definition) is 4. The van der Waals surface area contributed by atoms with Gasteiger partial charge in [0.05, 0.1) is 13.0 Å². The minimum absolute atomic E-state index is 0. The number of halogens is 1. The molecule has 0 spiro atoms. The molecule has 2 N–H and O–H groups in total. The molecule has 0 aromatic heterocycles. The Morgan fingerprint density at radius 1 is 1.03 bits per heavy atom. The van der Waals surface area contributed by atoms with Gasteiger partial charge in [-0.25, -0.2) is 4.99 Å². The van der Waals surface area contributed by atoms with Crippen molar-refractivity contribution in [3.05, 3.63) is 0 Å². The van der Waals surface area contributed by atoms with Crippen LogP contribution >= 0.6 is 24.0 Å². The van der Waals surface area contributed by atoms with Crippen LogP contribution in [0.3, 0.4) is 0 Å². The van der Waals surface area contributed by atoms with Gasteiger partial charge in [-0.3, -0.25) is 9.59 Å².